The molecule has 5 fully saturated rings. The molecule has 5 atom stereocenters. The molecular formula is C37H35Cl2FN8O. The van der Waals surface area contributed by atoms with Crippen LogP contribution in [0.2, 0.25) is 10.0 Å². The predicted molar refractivity (Wildman–Crippen MR) is 188 cm³/mol. The second-order valence-electron chi connectivity index (χ2n) is 14.2. The van der Waals surface area contributed by atoms with Gasteiger partial charge < -0.3 is 20.5 Å². The summed E-state index contributed by atoms with van der Waals surface area (Å²) in [5, 5.41) is 20.0. The number of nitrogens with two attached hydrogens (primary N) is 1. The molecule has 2 aromatic carbocycles. The lowest BCUT2D eigenvalue weighted by molar-refractivity contribution is -0.133. The van der Waals surface area contributed by atoms with E-state index in [9.17, 15) is 10.1 Å². The number of aryl methyl sites for hydroxylation is 2. The average Bonchev–Trinajstić information content (AvgIpc) is 3.54. The maximum absolute atomic E-state index is 17.1. The minimum absolute atomic E-state index is 0.0244. The van der Waals surface area contributed by atoms with Crippen LogP contribution in [0.4, 0.5) is 10.2 Å². The van der Waals surface area contributed by atoms with E-state index < -0.39 is 5.82 Å². The Balaban J connectivity index is 1.30. The van der Waals surface area contributed by atoms with Crippen LogP contribution in [0.1, 0.15) is 67.2 Å². The number of anilines is 1. The molecule has 0 radical (unpaired) electrons. The van der Waals surface area contributed by atoms with Gasteiger partial charge in [-0.05, 0) is 74.8 Å². The van der Waals surface area contributed by atoms with E-state index in [0.29, 0.717) is 63.9 Å². The van der Waals surface area contributed by atoms with E-state index in [0.717, 1.165) is 42.4 Å². The van der Waals surface area contributed by atoms with E-state index in [2.05, 4.69) is 32.0 Å². The molecule has 5 aromatic rings. The smallest absolute Gasteiger partial charge is 0.226 e. The lowest BCUT2D eigenvalue weighted by Crippen LogP contribution is -2.41. The second kappa shape index (κ2) is 11.4. The van der Waals surface area contributed by atoms with Crippen LogP contribution in [0, 0.1) is 35.9 Å². The Morgan fingerprint density at radius 2 is 2.02 bits per heavy atom. The van der Waals surface area contributed by atoms with Crippen molar-refractivity contribution in [1.82, 2.24) is 29.5 Å². The van der Waals surface area contributed by atoms with Gasteiger partial charge in [-0.3, -0.25) is 9.48 Å². The van der Waals surface area contributed by atoms with Crippen LogP contribution in [0.25, 0.3) is 32.9 Å². The van der Waals surface area contributed by atoms with Gasteiger partial charge in [-0.25, -0.2) is 9.37 Å². The second-order valence-corrected chi connectivity index (χ2v) is 15.0. The Hall–Kier alpha value is -4.17. The molecule has 12 heteroatoms. The van der Waals surface area contributed by atoms with Gasteiger partial charge in [0, 0.05) is 71.0 Å². The number of pyridine rings is 1. The van der Waals surface area contributed by atoms with Crippen LogP contribution in [-0.2, 0) is 11.2 Å². The van der Waals surface area contributed by atoms with Crippen LogP contribution in [0.5, 0.6) is 0 Å². The first-order valence-electron chi connectivity index (χ1n) is 17.1. The van der Waals surface area contributed by atoms with E-state index in [1.165, 1.54) is 0 Å². The molecule has 1 amide bonds. The molecule has 250 valence electrons. The highest BCUT2D eigenvalue weighted by Crippen LogP contribution is 2.52. The van der Waals surface area contributed by atoms with Gasteiger partial charge in [0.15, 0.2) is 5.82 Å². The van der Waals surface area contributed by atoms with E-state index in [1.54, 1.807) is 24.3 Å². The highest BCUT2D eigenvalue weighted by molar-refractivity contribution is 6.43. The Morgan fingerprint density at radius 3 is 2.71 bits per heavy atom. The summed E-state index contributed by atoms with van der Waals surface area (Å²) in [6.45, 7) is 3.39. The molecule has 6 heterocycles. The molecule has 2 saturated carbocycles. The van der Waals surface area contributed by atoms with Crippen LogP contribution in [0.15, 0.2) is 42.6 Å². The van der Waals surface area contributed by atoms with Crippen molar-refractivity contribution in [2.45, 2.75) is 69.6 Å². The van der Waals surface area contributed by atoms with E-state index >= 15 is 4.39 Å². The van der Waals surface area contributed by atoms with E-state index in [4.69, 9.17) is 33.9 Å². The van der Waals surface area contributed by atoms with E-state index in [-0.39, 0.29) is 53.0 Å². The van der Waals surface area contributed by atoms with Crippen molar-refractivity contribution in [3.63, 3.8) is 0 Å². The van der Waals surface area contributed by atoms with Gasteiger partial charge in [0.1, 0.15) is 11.3 Å². The van der Waals surface area contributed by atoms with Crippen molar-refractivity contribution in [3.05, 3.63) is 75.4 Å². The third kappa shape index (κ3) is 4.77. The van der Waals surface area contributed by atoms with Crippen molar-refractivity contribution >= 4 is 56.7 Å². The molecule has 3 aromatic heterocycles. The molecule has 49 heavy (non-hydrogen) atoms. The number of likely N-dealkylation sites (tertiary alicyclic amines) is 1. The summed E-state index contributed by atoms with van der Waals surface area (Å²) < 4.78 is 21.4. The standard InChI is InChI=1S/C37H35Cl2FN8O/c1-18-24-15-29(28-14-22(47-11-9-30(42)45-47)17-46(28)37(49)19-7-8-19)48(35-21-13-27(35)43-16-21)36(24)25-12-20(4-3-10-41)31(33(40)34(25)44-18)23-5-2-6-26(38)32(23)39/h2,5-6,9,11-12,15,19,21-22,27-28,35,43H,3-4,7-8,13-14,16-17H2,1H3,(H2,42,45)/t21-,22+,27-,28-,35?/m1/s1. The highest BCUT2D eigenvalue weighted by atomic mass is 35.5. The Bertz CT molecular complexity index is 2220. The molecule has 2 bridgehead atoms. The molecular weight excluding hydrogens is 662 g/mol. The van der Waals surface area contributed by atoms with Gasteiger partial charge in [0.05, 0.1) is 39.8 Å². The van der Waals surface area contributed by atoms with Crippen molar-refractivity contribution in [1.29, 1.82) is 5.26 Å². The molecule has 3 aliphatic heterocycles. The van der Waals surface area contributed by atoms with Gasteiger partial charge in [0.25, 0.3) is 0 Å². The van der Waals surface area contributed by atoms with Gasteiger partial charge in [-0.15, -0.1) is 0 Å². The summed E-state index contributed by atoms with van der Waals surface area (Å²) in [5.74, 6) is 0.640. The van der Waals surface area contributed by atoms with Crippen LogP contribution < -0.4 is 11.1 Å². The zero-order valence-electron chi connectivity index (χ0n) is 27.0. The predicted octanol–water partition coefficient (Wildman–Crippen LogP) is 7.30. The minimum atomic E-state index is -0.480. The number of carbonyl (C=O) groups is 1. The maximum atomic E-state index is 17.1. The van der Waals surface area contributed by atoms with Crippen molar-refractivity contribution in [2.24, 2.45) is 11.8 Å². The topological polar surface area (TPSA) is 118 Å². The fraction of sp³-hybridized carbons (Fsp3) is 0.405. The first kappa shape index (κ1) is 30.9. The summed E-state index contributed by atoms with van der Waals surface area (Å²) in [5.41, 5.74) is 10.4. The van der Waals surface area contributed by atoms with Gasteiger partial charge in [0.2, 0.25) is 5.91 Å². The molecule has 2 aliphatic carbocycles. The van der Waals surface area contributed by atoms with Crippen molar-refractivity contribution in [3.8, 4) is 17.2 Å². The van der Waals surface area contributed by atoms with Crippen LogP contribution in [-0.4, -0.2) is 49.3 Å². The highest BCUT2D eigenvalue weighted by Gasteiger charge is 2.51. The Morgan fingerprint density at radius 1 is 1.18 bits per heavy atom. The number of amides is 1. The molecule has 3 saturated heterocycles. The summed E-state index contributed by atoms with van der Waals surface area (Å²) in [6.07, 6.45) is 6.04. The number of hydrogen-bond acceptors (Lipinski definition) is 6. The monoisotopic (exact) mass is 696 g/mol. The minimum Gasteiger partial charge on any atom is -0.382 e. The molecule has 0 spiro atoms. The summed E-state index contributed by atoms with van der Waals surface area (Å²) in [7, 11) is 0. The summed E-state index contributed by atoms with van der Waals surface area (Å²) >= 11 is 13.1. The molecule has 3 N–H and O–H groups in total. The average molecular weight is 698 g/mol. The largest absolute Gasteiger partial charge is 0.382 e. The molecule has 5 aliphatic rings. The SMILES string of the molecule is Cc1nc2c(F)c(-c3cccc(Cl)c3Cl)c(CCC#N)cc2c2c1cc([C@H]1C[C@H](n3ccc(N)n3)CN1C(=O)C1CC1)n2C1[C@H]2CN[C@@H]1C2. The zero-order valence-corrected chi connectivity index (χ0v) is 28.5. The van der Waals surface area contributed by atoms with Gasteiger partial charge in [-0.1, -0.05) is 35.3 Å². The van der Waals surface area contributed by atoms with Crippen LogP contribution in [0.3, 0.4) is 0 Å². The van der Waals surface area contributed by atoms with E-state index in [1.807, 2.05) is 23.9 Å². The Labute approximate surface area is 292 Å². The number of carbonyl (C=O) groups excluding carboxylic acids is 1. The normalized spacial score (nSPS) is 24.6. The number of fused-ring (bicyclic) bond motifs is 4. The first-order valence-corrected chi connectivity index (χ1v) is 17.8. The first-order chi connectivity index (χ1) is 23.7. The van der Waals surface area contributed by atoms with Crippen LogP contribution >= 0.6 is 23.2 Å². The van der Waals surface area contributed by atoms with Gasteiger partial charge >= 0.3 is 0 Å². The number of benzene rings is 2. The lowest BCUT2D eigenvalue weighted by Gasteiger charge is -2.39. The number of hydrogen-bond donors (Lipinski definition) is 2. The Kier molecular flexibility index (Phi) is 7.20. The fourth-order valence-electron chi connectivity index (χ4n) is 8.75. The number of nitriles is 1. The van der Waals surface area contributed by atoms with Crippen molar-refractivity contribution < 1.29 is 9.18 Å². The molecule has 1 unspecified atom stereocenters. The zero-order chi connectivity index (χ0) is 33.7. The number of rotatable bonds is 7. The number of nitrogen functional groups attached to an aromatic ring is 1. The van der Waals surface area contributed by atoms with Crippen molar-refractivity contribution in [2.75, 3.05) is 18.8 Å². The molecule has 10 rings (SSSR count). The lowest BCUT2D eigenvalue weighted by atomic mass is 9.79. The number of nitrogens with zero attached hydrogens (tertiary/aromatic N) is 6. The van der Waals surface area contributed by atoms with Gasteiger partial charge in [-0.2, -0.15) is 10.4 Å². The maximum Gasteiger partial charge on any atom is 0.226 e. The third-order valence-electron chi connectivity index (χ3n) is 11.3. The number of halogens is 3. The number of aromatic nitrogens is 4. The quantitative estimate of drug-likeness (QED) is 0.184. The summed E-state index contributed by atoms with van der Waals surface area (Å²) in [4.78, 5) is 20.9. The third-order valence-corrected chi connectivity index (χ3v) is 12.1. The molecule has 9 nitrogen and oxygen atoms in total. The summed E-state index contributed by atoms with van der Waals surface area (Å²) in [6, 6.07) is 13.6. The fourth-order valence-corrected chi connectivity index (χ4v) is 9.14. The number of nitrogens with one attached hydrogen (secondary N) is 1.